The molecule has 2 aromatic rings. The minimum atomic E-state index is 0.407. The number of fused-ring (bicyclic) bond motifs is 1. The maximum atomic E-state index is 5.95. The van der Waals surface area contributed by atoms with Crippen LogP contribution in [0.15, 0.2) is 24.5 Å². The summed E-state index contributed by atoms with van der Waals surface area (Å²) < 4.78 is 2.14. The lowest BCUT2D eigenvalue weighted by Crippen LogP contribution is -2.25. The number of imidazole rings is 1. The Hall–Kier alpha value is -1.35. The van der Waals surface area contributed by atoms with Crippen molar-refractivity contribution < 1.29 is 0 Å². The van der Waals surface area contributed by atoms with Gasteiger partial charge in [-0.1, -0.05) is 6.07 Å². The third-order valence-corrected chi connectivity index (χ3v) is 3.89. The van der Waals surface area contributed by atoms with Crippen molar-refractivity contribution in [2.24, 2.45) is 5.73 Å². The van der Waals surface area contributed by atoms with Gasteiger partial charge in [0.15, 0.2) is 0 Å². The van der Waals surface area contributed by atoms with Gasteiger partial charge in [0, 0.05) is 24.4 Å². The van der Waals surface area contributed by atoms with Gasteiger partial charge in [-0.3, -0.25) is 0 Å². The Bertz CT molecular complexity index is 521. The van der Waals surface area contributed by atoms with Crippen LogP contribution in [-0.4, -0.2) is 15.4 Å². The molecule has 0 amide bonds. The predicted octanol–water partition coefficient (Wildman–Crippen LogP) is 2.63. The highest BCUT2D eigenvalue weighted by molar-refractivity contribution is 5.48. The van der Waals surface area contributed by atoms with E-state index in [1.165, 1.54) is 24.1 Å². The van der Waals surface area contributed by atoms with E-state index in [9.17, 15) is 0 Å². The van der Waals surface area contributed by atoms with Gasteiger partial charge in [0.25, 0.3) is 0 Å². The summed E-state index contributed by atoms with van der Waals surface area (Å²) in [5.74, 6) is 0.606. The van der Waals surface area contributed by atoms with E-state index in [0.29, 0.717) is 12.0 Å². The summed E-state index contributed by atoms with van der Waals surface area (Å²) in [5.41, 5.74) is 9.53. The van der Waals surface area contributed by atoms with E-state index in [1.807, 2.05) is 0 Å². The summed E-state index contributed by atoms with van der Waals surface area (Å²) in [7, 11) is 0. The van der Waals surface area contributed by atoms with Crippen LogP contribution in [0.1, 0.15) is 42.9 Å². The number of aryl methyl sites for hydroxylation is 1. The van der Waals surface area contributed by atoms with E-state index in [4.69, 9.17) is 10.7 Å². The van der Waals surface area contributed by atoms with Crippen LogP contribution in [0.3, 0.4) is 0 Å². The van der Waals surface area contributed by atoms with Crippen molar-refractivity contribution in [3.8, 4) is 0 Å². The molecule has 3 nitrogen and oxygen atoms in total. The van der Waals surface area contributed by atoms with Gasteiger partial charge in [-0.25, -0.2) is 4.98 Å². The Labute approximate surface area is 102 Å². The molecule has 2 aromatic heterocycles. The van der Waals surface area contributed by atoms with E-state index in [1.54, 1.807) is 0 Å². The fourth-order valence-corrected chi connectivity index (χ4v) is 2.78. The highest BCUT2D eigenvalue weighted by Gasteiger charge is 2.22. The van der Waals surface area contributed by atoms with Crippen LogP contribution in [-0.2, 0) is 0 Å². The van der Waals surface area contributed by atoms with Crippen molar-refractivity contribution in [1.82, 2.24) is 9.38 Å². The van der Waals surface area contributed by atoms with Crippen LogP contribution < -0.4 is 5.73 Å². The quantitative estimate of drug-likeness (QED) is 0.817. The summed E-state index contributed by atoms with van der Waals surface area (Å²) >= 11 is 0. The first-order chi connectivity index (χ1) is 8.24. The Morgan fingerprint density at radius 1 is 1.29 bits per heavy atom. The van der Waals surface area contributed by atoms with Crippen molar-refractivity contribution in [2.75, 3.05) is 0 Å². The smallest absolute Gasteiger partial charge is 0.139 e. The van der Waals surface area contributed by atoms with Gasteiger partial charge in [0.2, 0.25) is 0 Å². The second kappa shape index (κ2) is 4.15. The molecule has 1 aliphatic rings. The van der Waals surface area contributed by atoms with Crippen molar-refractivity contribution in [2.45, 2.75) is 44.6 Å². The van der Waals surface area contributed by atoms with Crippen molar-refractivity contribution in [3.63, 3.8) is 0 Å². The molecule has 2 N–H and O–H groups in total. The second-order valence-corrected chi connectivity index (χ2v) is 5.20. The average Bonchev–Trinajstić information content (AvgIpc) is 2.75. The molecule has 0 bridgehead atoms. The number of pyridine rings is 1. The SMILES string of the molecule is Cc1cccn2cc(C3CCC(N)CC3)nc12. The minimum Gasteiger partial charge on any atom is -0.328 e. The highest BCUT2D eigenvalue weighted by atomic mass is 15.0. The highest BCUT2D eigenvalue weighted by Crippen LogP contribution is 2.31. The van der Waals surface area contributed by atoms with Gasteiger partial charge in [-0.05, 0) is 44.2 Å². The molecule has 1 aliphatic carbocycles. The number of nitrogens with zero attached hydrogens (tertiary/aromatic N) is 2. The van der Waals surface area contributed by atoms with Crippen LogP contribution in [0.5, 0.6) is 0 Å². The van der Waals surface area contributed by atoms with E-state index in [-0.39, 0.29) is 0 Å². The number of hydrogen-bond acceptors (Lipinski definition) is 2. The van der Waals surface area contributed by atoms with Crippen LogP contribution >= 0.6 is 0 Å². The summed E-state index contributed by atoms with van der Waals surface area (Å²) in [6, 6.07) is 4.60. The molecule has 17 heavy (non-hydrogen) atoms. The molecule has 0 spiro atoms. The standard InChI is InChI=1S/C14H19N3/c1-10-3-2-8-17-9-13(16-14(10)17)11-4-6-12(15)7-5-11/h2-3,8-9,11-12H,4-7,15H2,1H3. The van der Waals surface area contributed by atoms with Crippen LogP contribution in [0.25, 0.3) is 5.65 Å². The van der Waals surface area contributed by atoms with E-state index >= 15 is 0 Å². The van der Waals surface area contributed by atoms with Crippen LogP contribution in [0.4, 0.5) is 0 Å². The molecule has 2 heterocycles. The molecule has 0 aromatic carbocycles. The number of hydrogen-bond donors (Lipinski definition) is 1. The van der Waals surface area contributed by atoms with Gasteiger partial charge >= 0.3 is 0 Å². The van der Waals surface area contributed by atoms with Crippen molar-refractivity contribution in [3.05, 3.63) is 35.8 Å². The maximum absolute atomic E-state index is 5.95. The maximum Gasteiger partial charge on any atom is 0.139 e. The molecule has 90 valence electrons. The largest absolute Gasteiger partial charge is 0.328 e. The molecule has 3 heteroatoms. The molecule has 0 saturated heterocycles. The lowest BCUT2D eigenvalue weighted by molar-refractivity contribution is 0.391. The summed E-state index contributed by atoms with van der Waals surface area (Å²) in [6.07, 6.45) is 8.90. The zero-order valence-corrected chi connectivity index (χ0v) is 10.3. The van der Waals surface area contributed by atoms with Gasteiger partial charge in [0.05, 0.1) is 5.69 Å². The van der Waals surface area contributed by atoms with Crippen molar-refractivity contribution in [1.29, 1.82) is 0 Å². The minimum absolute atomic E-state index is 0.407. The molecule has 0 aliphatic heterocycles. The number of rotatable bonds is 1. The first-order valence-electron chi connectivity index (χ1n) is 6.44. The monoisotopic (exact) mass is 229 g/mol. The Kier molecular flexibility index (Phi) is 2.63. The van der Waals surface area contributed by atoms with E-state index < -0.39 is 0 Å². The number of aromatic nitrogens is 2. The zero-order chi connectivity index (χ0) is 11.8. The molecule has 1 fully saturated rings. The Balaban J connectivity index is 1.93. The molecular formula is C14H19N3. The van der Waals surface area contributed by atoms with Gasteiger partial charge in [-0.2, -0.15) is 0 Å². The van der Waals surface area contributed by atoms with Gasteiger partial charge in [-0.15, -0.1) is 0 Å². The average molecular weight is 229 g/mol. The van der Waals surface area contributed by atoms with Crippen LogP contribution in [0, 0.1) is 6.92 Å². The molecule has 0 unspecified atom stereocenters. The summed E-state index contributed by atoms with van der Waals surface area (Å²) in [5, 5.41) is 0. The van der Waals surface area contributed by atoms with Crippen LogP contribution in [0.2, 0.25) is 0 Å². The third-order valence-electron chi connectivity index (χ3n) is 3.89. The molecule has 0 atom stereocenters. The summed E-state index contributed by atoms with van der Waals surface area (Å²) in [4.78, 5) is 4.78. The third kappa shape index (κ3) is 1.95. The predicted molar refractivity (Wildman–Crippen MR) is 69.1 cm³/mol. The molecule has 0 radical (unpaired) electrons. The van der Waals surface area contributed by atoms with Gasteiger partial charge < -0.3 is 10.1 Å². The zero-order valence-electron chi connectivity index (χ0n) is 10.3. The first kappa shape index (κ1) is 10.8. The normalized spacial score (nSPS) is 25.3. The molecular weight excluding hydrogens is 210 g/mol. The molecule has 3 rings (SSSR count). The van der Waals surface area contributed by atoms with E-state index in [0.717, 1.165) is 18.5 Å². The molecule has 1 saturated carbocycles. The Morgan fingerprint density at radius 2 is 2.06 bits per heavy atom. The fourth-order valence-electron chi connectivity index (χ4n) is 2.78. The summed E-state index contributed by atoms with van der Waals surface area (Å²) in [6.45, 7) is 2.11. The van der Waals surface area contributed by atoms with Crippen molar-refractivity contribution >= 4 is 5.65 Å². The lowest BCUT2D eigenvalue weighted by Gasteiger charge is -2.24. The topological polar surface area (TPSA) is 43.3 Å². The second-order valence-electron chi connectivity index (χ2n) is 5.20. The lowest BCUT2D eigenvalue weighted by atomic mass is 9.85. The first-order valence-corrected chi connectivity index (χ1v) is 6.44. The van der Waals surface area contributed by atoms with Gasteiger partial charge in [0.1, 0.15) is 5.65 Å². The Morgan fingerprint density at radius 3 is 2.76 bits per heavy atom. The fraction of sp³-hybridized carbons (Fsp3) is 0.500. The van der Waals surface area contributed by atoms with E-state index in [2.05, 4.69) is 35.9 Å². The number of nitrogens with two attached hydrogens (primary N) is 1.